The van der Waals surface area contributed by atoms with Gasteiger partial charge in [-0.05, 0) is 74.3 Å². The number of hydrogen-bond donors (Lipinski definition) is 3. The third-order valence-corrected chi connectivity index (χ3v) is 7.78. The third kappa shape index (κ3) is 5.58. The molecule has 1 amide bonds. The van der Waals surface area contributed by atoms with Crippen molar-refractivity contribution in [2.24, 2.45) is 5.92 Å². The Bertz CT molecular complexity index is 1400. The second-order valence-electron chi connectivity index (χ2n) is 11.7. The van der Waals surface area contributed by atoms with Gasteiger partial charge in [0.05, 0.1) is 11.3 Å². The highest BCUT2D eigenvalue weighted by Gasteiger charge is 2.33. The summed E-state index contributed by atoms with van der Waals surface area (Å²) in [5, 5.41) is 16.5. The van der Waals surface area contributed by atoms with E-state index in [0.717, 1.165) is 46.5 Å². The average molecular weight is 555 g/mol. The molecular formula is C29H36ClFN6O2. The predicted octanol–water partition coefficient (Wildman–Crippen LogP) is 4.73. The van der Waals surface area contributed by atoms with Crippen LogP contribution in [-0.4, -0.2) is 56.1 Å². The molecule has 0 fully saturated rings. The lowest BCUT2D eigenvalue weighted by Gasteiger charge is -2.33. The van der Waals surface area contributed by atoms with Crippen LogP contribution in [0.2, 0.25) is 5.28 Å². The number of aryl methyl sites for hydroxylation is 1. The summed E-state index contributed by atoms with van der Waals surface area (Å²) in [5.74, 6) is -0.0799. The highest BCUT2D eigenvalue weighted by atomic mass is 35.5. The number of β-amino-alcohol motifs (C(OH)–C–C–N with tert-alkyl or cyclic N) is 1. The van der Waals surface area contributed by atoms with Gasteiger partial charge in [0.25, 0.3) is 5.91 Å². The number of allylic oxidation sites excluding steroid dienone is 1. The zero-order chi connectivity index (χ0) is 28.1. The summed E-state index contributed by atoms with van der Waals surface area (Å²) in [5.41, 5.74) is 5.63. The molecule has 0 spiro atoms. The zero-order valence-corrected chi connectivity index (χ0v) is 24.0. The van der Waals surface area contributed by atoms with Crippen LogP contribution in [0.1, 0.15) is 69.8 Å². The Morgan fingerprint density at radius 2 is 1.97 bits per heavy atom. The number of anilines is 2. The number of hydrogen-bond acceptors (Lipinski definition) is 7. The Morgan fingerprint density at radius 3 is 2.67 bits per heavy atom. The number of amides is 1. The molecule has 2 aliphatic heterocycles. The molecule has 5 rings (SSSR count). The summed E-state index contributed by atoms with van der Waals surface area (Å²) in [6, 6.07) is 0. The second-order valence-corrected chi connectivity index (χ2v) is 12.0. The first kappa shape index (κ1) is 27.7. The molecule has 1 aliphatic carbocycles. The minimum Gasteiger partial charge on any atom is -0.389 e. The van der Waals surface area contributed by atoms with Crippen LogP contribution in [0.4, 0.5) is 16.0 Å². The molecule has 2 aromatic heterocycles. The van der Waals surface area contributed by atoms with E-state index in [9.17, 15) is 9.90 Å². The van der Waals surface area contributed by atoms with E-state index in [4.69, 9.17) is 11.6 Å². The van der Waals surface area contributed by atoms with Crippen LogP contribution in [0.25, 0.3) is 5.57 Å². The van der Waals surface area contributed by atoms with Gasteiger partial charge in [0.15, 0.2) is 11.6 Å². The van der Waals surface area contributed by atoms with E-state index >= 15 is 4.39 Å². The highest BCUT2D eigenvalue weighted by molar-refractivity contribution is 6.28. The average Bonchev–Trinajstić information content (AvgIpc) is 2.84. The van der Waals surface area contributed by atoms with Crippen LogP contribution in [0, 0.1) is 11.7 Å². The maximum Gasteiger partial charge on any atom is 0.251 e. The van der Waals surface area contributed by atoms with Gasteiger partial charge in [0.1, 0.15) is 5.82 Å². The molecule has 0 radical (unpaired) electrons. The first-order valence-corrected chi connectivity index (χ1v) is 14.0. The number of carbonyl (C=O) groups is 1. The van der Waals surface area contributed by atoms with Gasteiger partial charge in [-0.3, -0.25) is 9.69 Å². The van der Waals surface area contributed by atoms with Crippen molar-refractivity contribution in [3.63, 3.8) is 0 Å². The van der Waals surface area contributed by atoms with E-state index in [1.165, 1.54) is 0 Å². The van der Waals surface area contributed by atoms with Crippen molar-refractivity contribution in [1.29, 1.82) is 0 Å². The molecule has 8 nitrogen and oxygen atoms in total. The van der Waals surface area contributed by atoms with Crippen molar-refractivity contribution in [3.05, 3.63) is 56.4 Å². The van der Waals surface area contributed by atoms with Crippen molar-refractivity contribution < 1.29 is 14.3 Å². The minimum absolute atomic E-state index is 0.00419. The lowest BCUT2D eigenvalue weighted by atomic mass is 9.76. The second kappa shape index (κ2) is 10.6. The smallest absolute Gasteiger partial charge is 0.251 e. The molecule has 10 heteroatoms. The van der Waals surface area contributed by atoms with Crippen LogP contribution in [0.15, 0.2) is 22.9 Å². The van der Waals surface area contributed by atoms with E-state index in [1.807, 2.05) is 20.8 Å². The summed E-state index contributed by atoms with van der Waals surface area (Å²) in [6.07, 6.45) is 4.43. The standard InChI is InChI=1S/C29H36ClFN6O2/c1-15(2)21-18(22-16(3)8-10-32-27(22)38)7-6-17-12-33-26(24(31)23(17)21)35-25-19-13-37(14-29(4,5)39)11-9-20(19)34-28(30)36-25/h12,15,39H,6-11,13-14H2,1-5H3,(H,32,38)(H,33,34,35,36). The first-order valence-electron chi connectivity index (χ1n) is 13.6. The maximum absolute atomic E-state index is 16.4. The lowest BCUT2D eigenvalue weighted by Crippen LogP contribution is -2.41. The summed E-state index contributed by atoms with van der Waals surface area (Å²) in [6.45, 7) is 11.9. The maximum atomic E-state index is 16.4. The van der Waals surface area contributed by atoms with Crippen LogP contribution in [0.3, 0.4) is 0 Å². The Morgan fingerprint density at radius 1 is 1.21 bits per heavy atom. The van der Waals surface area contributed by atoms with Crippen LogP contribution in [-0.2, 0) is 24.2 Å². The molecule has 3 N–H and O–H groups in total. The summed E-state index contributed by atoms with van der Waals surface area (Å²) in [4.78, 5) is 28.3. The largest absolute Gasteiger partial charge is 0.389 e. The predicted molar refractivity (Wildman–Crippen MR) is 150 cm³/mol. The Balaban J connectivity index is 1.57. The zero-order valence-electron chi connectivity index (χ0n) is 23.2. The quantitative estimate of drug-likeness (QED) is 0.444. The number of nitrogens with zero attached hydrogens (tertiary/aromatic N) is 4. The normalized spacial score (nSPS) is 18.3. The monoisotopic (exact) mass is 554 g/mol. The number of aromatic nitrogens is 3. The molecule has 2 aromatic rings. The topological polar surface area (TPSA) is 103 Å². The van der Waals surface area contributed by atoms with Gasteiger partial charge in [-0.2, -0.15) is 0 Å². The Kier molecular flexibility index (Phi) is 7.52. The van der Waals surface area contributed by atoms with Gasteiger partial charge in [-0.1, -0.05) is 19.4 Å². The molecule has 39 heavy (non-hydrogen) atoms. The summed E-state index contributed by atoms with van der Waals surface area (Å²) in [7, 11) is 0. The van der Waals surface area contributed by atoms with Gasteiger partial charge in [0.2, 0.25) is 5.28 Å². The van der Waals surface area contributed by atoms with E-state index in [-0.39, 0.29) is 22.9 Å². The number of aliphatic hydroxyl groups is 1. The molecule has 0 aromatic carbocycles. The molecule has 208 valence electrons. The Labute approximate surface area is 233 Å². The third-order valence-electron chi connectivity index (χ3n) is 7.61. The van der Waals surface area contributed by atoms with Gasteiger partial charge >= 0.3 is 0 Å². The summed E-state index contributed by atoms with van der Waals surface area (Å²) < 4.78 is 16.4. The van der Waals surface area contributed by atoms with E-state index in [2.05, 4.69) is 30.5 Å². The number of carbonyl (C=O) groups excluding carboxylic acids is 1. The fourth-order valence-corrected chi connectivity index (χ4v) is 6.22. The number of fused-ring (bicyclic) bond motifs is 2. The number of pyridine rings is 1. The lowest BCUT2D eigenvalue weighted by molar-refractivity contribution is -0.117. The molecule has 0 saturated heterocycles. The van der Waals surface area contributed by atoms with Crippen LogP contribution < -0.4 is 10.6 Å². The molecule has 0 bridgehead atoms. The molecule has 0 atom stereocenters. The van der Waals surface area contributed by atoms with E-state index < -0.39 is 11.4 Å². The number of halogens is 2. The van der Waals surface area contributed by atoms with Gasteiger partial charge in [0, 0.05) is 55.5 Å². The van der Waals surface area contributed by atoms with Crippen molar-refractivity contribution in [3.8, 4) is 0 Å². The van der Waals surface area contributed by atoms with E-state index in [1.54, 1.807) is 20.0 Å². The van der Waals surface area contributed by atoms with Crippen LogP contribution >= 0.6 is 11.6 Å². The SMILES string of the molecule is CC1=C(C2=C(C(C)C)c3c(cnc(Nc4nc(Cl)nc5c4CN(CC(C)(C)O)CC5)c3F)CC2)C(=O)NCC1. The minimum atomic E-state index is -0.856. The van der Waals surface area contributed by atoms with E-state index in [0.29, 0.717) is 55.9 Å². The molecule has 3 aliphatic rings. The molecule has 0 saturated carbocycles. The van der Waals surface area contributed by atoms with Crippen molar-refractivity contribution in [2.75, 3.05) is 25.0 Å². The Hall–Kier alpha value is -2.88. The highest BCUT2D eigenvalue weighted by Crippen LogP contribution is 2.43. The van der Waals surface area contributed by atoms with Gasteiger partial charge in [-0.25, -0.2) is 19.3 Å². The summed E-state index contributed by atoms with van der Waals surface area (Å²) >= 11 is 6.26. The fourth-order valence-electron chi connectivity index (χ4n) is 6.04. The number of rotatable bonds is 6. The fraction of sp³-hybridized carbons (Fsp3) is 0.517. The van der Waals surface area contributed by atoms with Gasteiger partial charge < -0.3 is 15.7 Å². The number of nitrogens with one attached hydrogen (secondary N) is 2. The van der Waals surface area contributed by atoms with Crippen molar-refractivity contribution in [2.45, 2.75) is 72.4 Å². The first-order chi connectivity index (χ1) is 18.4. The van der Waals surface area contributed by atoms with Crippen molar-refractivity contribution >= 4 is 34.7 Å². The molecular weight excluding hydrogens is 519 g/mol. The van der Waals surface area contributed by atoms with Gasteiger partial charge in [-0.15, -0.1) is 0 Å². The molecule has 0 unspecified atom stereocenters. The van der Waals surface area contributed by atoms with Crippen molar-refractivity contribution in [1.82, 2.24) is 25.2 Å². The van der Waals surface area contributed by atoms with Crippen LogP contribution in [0.5, 0.6) is 0 Å². The molecule has 4 heterocycles.